The number of halogens is 1. The van der Waals surface area contributed by atoms with Crippen molar-refractivity contribution < 1.29 is 24.8 Å². The summed E-state index contributed by atoms with van der Waals surface area (Å²) >= 11 is 6.35. The van der Waals surface area contributed by atoms with E-state index in [1.807, 2.05) is 30.3 Å². The zero-order valence-corrected chi connectivity index (χ0v) is 15.7. The normalized spacial score (nSPS) is 28.1. The van der Waals surface area contributed by atoms with Crippen molar-refractivity contribution in [2.24, 2.45) is 5.73 Å². The highest BCUT2D eigenvalue weighted by Crippen LogP contribution is 2.34. The van der Waals surface area contributed by atoms with E-state index < -0.39 is 30.5 Å². The van der Waals surface area contributed by atoms with Crippen molar-refractivity contribution in [2.75, 3.05) is 13.7 Å². The third-order valence-electron chi connectivity index (χ3n) is 4.94. The Morgan fingerprint density at radius 1 is 1.11 bits per heavy atom. The summed E-state index contributed by atoms with van der Waals surface area (Å²) in [6.45, 7) is -0.340. The number of ether oxygens (including phenoxy) is 2. The van der Waals surface area contributed by atoms with Gasteiger partial charge in [0.15, 0.2) is 0 Å². The molecule has 0 saturated carbocycles. The molecule has 3 rings (SSSR count). The van der Waals surface area contributed by atoms with Crippen LogP contribution in [-0.4, -0.2) is 53.4 Å². The number of nitrogens with two attached hydrogens (primary N) is 1. The molecule has 5 atom stereocenters. The van der Waals surface area contributed by atoms with Gasteiger partial charge in [-0.1, -0.05) is 35.9 Å². The van der Waals surface area contributed by atoms with Crippen molar-refractivity contribution in [3.05, 3.63) is 64.2 Å². The maximum absolute atomic E-state index is 10.4. The Morgan fingerprint density at radius 2 is 1.81 bits per heavy atom. The molecule has 1 aliphatic rings. The molecule has 0 amide bonds. The zero-order valence-electron chi connectivity index (χ0n) is 15.0. The van der Waals surface area contributed by atoms with Gasteiger partial charge in [-0.3, -0.25) is 0 Å². The first kappa shape index (κ1) is 20.1. The molecular weight excluding hydrogens is 370 g/mol. The molecule has 1 fully saturated rings. The van der Waals surface area contributed by atoms with Crippen molar-refractivity contribution in [1.29, 1.82) is 0 Å². The summed E-state index contributed by atoms with van der Waals surface area (Å²) in [4.78, 5) is 0. The molecule has 0 bridgehead atoms. The van der Waals surface area contributed by atoms with Crippen LogP contribution in [0.15, 0.2) is 42.5 Å². The van der Waals surface area contributed by atoms with Crippen LogP contribution in [0.25, 0.3) is 0 Å². The molecule has 27 heavy (non-hydrogen) atoms. The topological polar surface area (TPSA) is 105 Å². The molecule has 1 aliphatic heterocycles. The van der Waals surface area contributed by atoms with Crippen LogP contribution in [0.5, 0.6) is 5.75 Å². The molecule has 5 N–H and O–H groups in total. The second kappa shape index (κ2) is 8.56. The van der Waals surface area contributed by atoms with Gasteiger partial charge < -0.3 is 30.5 Å². The van der Waals surface area contributed by atoms with Gasteiger partial charge in [-0.05, 0) is 41.3 Å². The summed E-state index contributed by atoms with van der Waals surface area (Å²) in [6.07, 6.45) is -3.36. The largest absolute Gasteiger partial charge is 0.497 e. The first-order chi connectivity index (χ1) is 12.9. The van der Waals surface area contributed by atoms with Gasteiger partial charge >= 0.3 is 0 Å². The first-order valence-electron chi connectivity index (χ1n) is 8.74. The van der Waals surface area contributed by atoms with E-state index in [1.54, 1.807) is 19.2 Å². The van der Waals surface area contributed by atoms with Gasteiger partial charge in [0.1, 0.15) is 24.1 Å². The van der Waals surface area contributed by atoms with E-state index in [0.717, 1.165) is 16.9 Å². The van der Waals surface area contributed by atoms with Crippen LogP contribution in [-0.2, 0) is 11.2 Å². The number of methoxy groups -OCH3 is 1. The molecule has 0 aliphatic carbocycles. The number of aliphatic hydroxyl groups excluding tert-OH is 3. The zero-order chi connectivity index (χ0) is 19.6. The minimum absolute atomic E-state index is 0.340. The molecule has 2 aromatic carbocycles. The van der Waals surface area contributed by atoms with E-state index in [1.165, 1.54) is 0 Å². The van der Waals surface area contributed by atoms with E-state index in [4.69, 9.17) is 26.8 Å². The quantitative estimate of drug-likeness (QED) is 0.612. The Bertz CT molecular complexity index is 767. The molecule has 0 unspecified atom stereocenters. The van der Waals surface area contributed by atoms with Crippen LogP contribution in [0, 0.1) is 0 Å². The lowest BCUT2D eigenvalue weighted by Crippen LogP contribution is -2.59. The third-order valence-corrected chi connectivity index (χ3v) is 5.31. The molecule has 6 nitrogen and oxygen atoms in total. The number of hydrogen-bond acceptors (Lipinski definition) is 6. The molecule has 0 aromatic heterocycles. The molecule has 0 spiro atoms. The summed E-state index contributed by atoms with van der Waals surface area (Å²) in [5.41, 5.74) is 8.40. The van der Waals surface area contributed by atoms with Gasteiger partial charge in [0.25, 0.3) is 0 Å². The summed E-state index contributed by atoms with van der Waals surface area (Å²) < 4.78 is 10.9. The van der Waals surface area contributed by atoms with Crippen molar-refractivity contribution in [3.63, 3.8) is 0 Å². The van der Waals surface area contributed by atoms with Crippen LogP contribution in [0.3, 0.4) is 0 Å². The third kappa shape index (κ3) is 4.27. The standard InChI is InChI=1S/C20H24ClNO5/c1-26-14-5-2-11(3-6-14)8-13-9-12(4-7-15(13)21)20-19(25)18(24)17(22)16(10-23)27-20/h2-7,9,16-20,23-25H,8,10,22H2,1H3/t16-,17-,18+,19-,20+/m1/s1. The van der Waals surface area contributed by atoms with Gasteiger partial charge in [0.2, 0.25) is 0 Å². The average Bonchev–Trinajstić information content (AvgIpc) is 2.69. The lowest BCUT2D eigenvalue weighted by molar-refractivity contribution is -0.189. The Hall–Kier alpha value is -1.67. The number of aliphatic hydroxyl groups is 3. The van der Waals surface area contributed by atoms with Crippen LogP contribution in [0.4, 0.5) is 0 Å². The van der Waals surface area contributed by atoms with Gasteiger partial charge in [-0.2, -0.15) is 0 Å². The lowest BCUT2D eigenvalue weighted by Gasteiger charge is -2.41. The fourth-order valence-electron chi connectivity index (χ4n) is 3.30. The average molecular weight is 394 g/mol. The van der Waals surface area contributed by atoms with Crippen LogP contribution < -0.4 is 10.5 Å². The van der Waals surface area contributed by atoms with Crippen molar-refractivity contribution in [3.8, 4) is 5.75 Å². The van der Waals surface area contributed by atoms with Crippen LogP contribution in [0.2, 0.25) is 5.02 Å². The maximum Gasteiger partial charge on any atom is 0.118 e. The fraction of sp³-hybridized carbons (Fsp3) is 0.400. The van der Waals surface area contributed by atoms with Crippen LogP contribution >= 0.6 is 11.6 Å². The van der Waals surface area contributed by atoms with Crippen LogP contribution in [0.1, 0.15) is 22.8 Å². The number of hydrogen-bond donors (Lipinski definition) is 4. The minimum atomic E-state index is -1.20. The fourth-order valence-corrected chi connectivity index (χ4v) is 3.48. The Balaban J connectivity index is 1.85. The van der Waals surface area contributed by atoms with E-state index in [-0.39, 0.29) is 6.61 Å². The second-order valence-corrected chi connectivity index (χ2v) is 7.12. The molecule has 2 aromatic rings. The lowest BCUT2D eigenvalue weighted by atomic mass is 9.89. The van der Waals surface area contributed by atoms with Gasteiger partial charge in [-0.15, -0.1) is 0 Å². The van der Waals surface area contributed by atoms with E-state index >= 15 is 0 Å². The molecule has 146 valence electrons. The molecule has 7 heteroatoms. The summed E-state index contributed by atoms with van der Waals surface area (Å²) in [7, 11) is 1.62. The van der Waals surface area contributed by atoms with Crippen molar-refractivity contribution >= 4 is 11.6 Å². The highest BCUT2D eigenvalue weighted by molar-refractivity contribution is 6.31. The molecule has 1 saturated heterocycles. The summed E-state index contributed by atoms with van der Waals surface area (Å²) in [5, 5.41) is 30.6. The highest BCUT2D eigenvalue weighted by Gasteiger charge is 2.43. The van der Waals surface area contributed by atoms with Gasteiger partial charge in [-0.25, -0.2) is 0 Å². The Kier molecular flexibility index (Phi) is 6.37. The van der Waals surface area contributed by atoms with E-state index in [9.17, 15) is 15.3 Å². The van der Waals surface area contributed by atoms with Crippen molar-refractivity contribution in [1.82, 2.24) is 0 Å². The molecule has 1 heterocycles. The van der Waals surface area contributed by atoms with Gasteiger partial charge in [0, 0.05) is 5.02 Å². The predicted octanol–water partition coefficient (Wildman–Crippen LogP) is 1.42. The SMILES string of the molecule is COc1ccc(Cc2cc([C@@H]3O[C@H](CO)[C@@H](N)[C@H](O)[C@H]3O)ccc2Cl)cc1. The minimum Gasteiger partial charge on any atom is -0.497 e. The monoisotopic (exact) mass is 393 g/mol. The smallest absolute Gasteiger partial charge is 0.118 e. The maximum atomic E-state index is 10.4. The summed E-state index contributed by atoms with van der Waals surface area (Å²) in [6, 6.07) is 12.1. The molecule has 0 radical (unpaired) electrons. The molecular formula is C20H24ClNO5. The Morgan fingerprint density at radius 3 is 2.44 bits per heavy atom. The first-order valence-corrected chi connectivity index (χ1v) is 9.11. The van der Waals surface area contributed by atoms with Crippen molar-refractivity contribution in [2.45, 2.75) is 36.9 Å². The summed E-state index contributed by atoms with van der Waals surface area (Å²) in [5.74, 6) is 0.776. The Labute approximate surface area is 163 Å². The van der Waals surface area contributed by atoms with E-state index in [2.05, 4.69) is 0 Å². The van der Waals surface area contributed by atoms with Gasteiger partial charge in [0.05, 0.1) is 25.9 Å². The highest BCUT2D eigenvalue weighted by atomic mass is 35.5. The second-order valence-electron chi connectivity index (χ2n) is 6.71. The number of rotatable bonds is 5. The predicted molar refractivity (Wildman–Crippen MR) is 102 cm³/mol. The number of benzene rings is 2. The van der Waals surface area contributed by atoms with E-state index in [0.29, 0.717) is 17.0 Å².